The van der Waals surface area contributed by atoms with Gasteiger partial charge in [-0.25, -0.2) is 0 Å². The topological polar surface area (TPSA) is 107 Å². The Morgan fingerprint density at radius 3 is 2.58 bits per heavy atom. The summed E-state index contributed by atoms with van der Waals surface area (Å²) in [5.41, 5.74) is 1.62. The molecule has 8 heteroatoms. The number of hydrogen-bond acceptors (Lipinski definition) is 6. The quantitative estimate of drug-likeness (QED) is 0.458. The number of carbonyl (C=O) groups excluding carboxylic acids is 3. The van der Waals surface area contributed by atoms with Gasteiger partial charge in [0.25, 0.3) is 11.8 Å². The minimum absolute atomic E-state index is 0.00317. The van der Waals surface area contributed by atoms with E-state index in [2.05, 4.69) is 5.32 Å². The number of nitrogens with zero attached hydrogens (tertiary/aromatic N) is 1. The van der Waals surface area contributed by atoms with E-state index in [4.69, 9.17) is 0 Å². The van der Waals surface area contributed by atoms with Crippen molar-refractivity contribution in [2.24, 2.45) is 5.92 Å². The Kier molecular flexibility index (Phi) is 9.06. The van der Waals surface area contributed by atoms with E-state index in [0.717, 1.165) is 18.4 Å². The molecular formula is C28H38N2O5S. The van der Waals surface area contributed by atoms with Crippen molar-refractivity contribution < 1.29 is 24.6 Å². The normalized spacial score (nSPS) is 20.7. The number of thioether (sulfide) groups is 1. The maximum atomic E-state index is 13.6. The highest BCUT2D eigenvalue weighted by molar-refractivity contribution is 8.00. The molecule has 0 saturated carbocycles. The highest BCUT2D eigenvalue weighted by Gasteiger charge is 2.49. The van der Waals surface area contributed by atoms with Gasteiger partial charge in [0, 0.05) is 22.3 Å². The summed E-state index contributed by atoms with van der Waals surface area (Å²) in [5, 5.41) is 24.2. The van der Waals surface area contributed by atoms with Crippen molar-refractivity contribution >= 4 is 29.4 Å². The molecule has 1 aliphatic carbocycles. The summed E-state index contributed by atoms with van der Waals surface area (Å²) in [4.78, 5) is 41.4. The first-order valence-corrected chi connectivity index (χ1v) is 13.5. The Balaban J connectivity index is 1.87. The van der Waals surface area contributed by atoms with Crippen LogP contribution in [0.5, 0.6) is 5.75 Å². The van der Waals surface area contributed by atoms with Gasteiger partial charge in [-0.2, -0.15) is 0 Å². The molecule has 2 amide bonds. The third kappa shape index (κ3) is 6.40. The van der Waals surface area contributed by atoms with Crippen molar-refractivity contribution in [3.05, 3.63) is 53.1 Å². The van der Waals surface area contributed by atoms with Crippen LogP contribution >= 0.6 is 11.8 Å². The van der Waals surface area contributed by atoms with Crippen LogP contribution in [0.2, 0.25) is 0 Å². The summed E-state index contributed by atoms with van der Waals surface area (Å²) in [6, 6.07) is 3.12. The molecule has 7 nitrogen and oxygen atoms in total. The Morgan fingerprint density at radius 2 is 1.94 bits per heavy atom. The third-order valence-corrected chi connectivity index (χ3v) is 8.15. The van der Waals surface area contributed by atoms with Crippen LogP contribution in [-0.4, -0.2) is 61.5 Å². The van der Waals surface area contributed by atoms with Crippen molar-refractivity contribution in [2.45, 2.75) is 83.2 Å². The first-order valence-electron chi connectivity index (χ1n) is 12.5. The summed E-state index contributed by atoms with van der Waals surface area (Å²) in [6.07, 6.45) is 6.87. The van der Waals surface area contributed by atoms with Crippen molar-refractivity contribution in [1.82, 2.24) is 10.2 Å². The Bertz CT molecular complexity index is 1060. The number of ketones is 1. The molecule has 3 N–H and O–H groups in total. The zero-order valence-electron chi connectivity index (χ0n) is 21.8. The summed E-state index contributed by atoms with van der Waals surface area (Å²) in [5.74, 6) is -0.612. The summed E-state index contributed by atoms with van der Waals surface area (Å²) >= 11 is 1.51. The summed E-state index contributed by atoms with van der Waals surface area (Å²) in [7, 11) is 0. The lowest BCUT2D eigenvalue weighted by molar-refractivity contribution is -0.146. The second-order valence-electron chi connectivity index (χ2n) is 10.6. The van der Waals surface area contributed by atoms with Crippen LogP contribution < -0.4 is 5.32 Å². The Labute approximate surface area is 218 Å². The molecule has 0 aromatic heterocycles. The third-order valence-electron chi connectivity index (χ3n) is 6.77. The SMILES string of the molecule is Cc1c(O)cccc1C(=O)NC(CC1=CCCC=C1)[C@H](O)C(=O)N1CSC(C)(C)[C@H]1C(=O)CC(C)C. The number of aliphatic hydroxyl groups is 1. The van der Waals surface area contributed by atoms with Gasteiger partial charge >= 0.3 is 0 Å². The van der Waals surface area contributed by atoms with Crippen LogP contribution in [0, 0.1) is 12.8 Å². The predicted octanol–water partition coefficient (Wildman–Crippen LogP) is 4.12. The average molecular weight is 515 g/mol. The number of phenolic OH excluding ortho intramolecular Hbond substituents is 1. The van der Waals surface area contributed by atoms with Crippen LogP contribution in [0.25, 0.3) is 0 Å². The molecule has 1 aromatic carbocycles. The van der Waals surface area contributed by atoms with E-state index >= 15 is 0 Å². The molecule has 2 aliphatic rings. The molecule has 0 spiro atoms. The van der Waals surface area contributed by atoms with E-state index in [1.54, 1.807) is 19.1 Å². The van der Waals surface area contributed by atoms with Crippen molar-refractivity contribution in [2.75, 3.05) is 5.88 Å². The fourth-order valence-electron chi connectivity index (χ4n) is 4.80. The molecule has 1 unspecified atom stereocenters. The van der Waals surface area contributed by atoms with Gasteiger partial charge in [-0.15, -0.1) is 11.8 Å². The second-order valence-corrected chi connectivity index (χ2v) is 12.2. The first kappa shape index (κ1) is 28.0. The largest absolute Gasteiger partial charge is 0.508 e. The number of hydrogen-bond donors (Lipinski definition) is 3. The van der Waals surface area contributed by atoms with Gasteiger partial charge in [0.15, 0.2) is 11.9 Å². The van der Waals surface area contributed by atoms with Crippen LogP contribution in [0.4, 0.5) is 0 Å². The Morgan fingerprint density at radius 1 is 1.22 bits per heavy atom. The van der Waals surface area contributed by atoms with Crippen molar-refractivity contribution in [3.63, 3.8) is 0 Å². The van der Waals surface area contributed by atoms with Crippen LogP contribution in [-0.2, 0) is 9.59 Å². The van der Waals surface area contributed by atoms with Gasteiger partial charge in [-0.1, -0.05) is 43.7 Å². The number of benzene rings is 1. The fraction of sp³-hybridized carbons (Fsp3) is 0.536. The van der Waals surface area contributed by atoms with Crippen LogP contribution in [0.15, 0.2) is 42.0 Å². The first-order chi connectivity index (χ1) is 16.9. The molecule has 0 radical (unpaired) electrons. The number of carbonyl (C=O) groups is 3. The van der Waals surface area contributed by atoms with E-state index < -0.39 is 34.7 Å². The molecule has 1 saturated heterocycles. The lowest BCUT2D eigenvalue weighted by Gasteiger charge is -2.34. The van der Waals surface area contributed by atoms with E-state index in [1.807, 2.05) is 45.9 Å². The monoisotopic (exact) mass is 514 g/mol. The molecule has 3 rings (SSSR count). The Hall–Kier alpha value is -2.58. The maximum absolute atomic E-state index is 13.6. The molecule has 1 fully saturated rings. The number of aromatic hydroxyl groups is 1. The minimum Gasteiger partial charge on any atom is -0.508 e. The van der Waals surface area contributed by atoms with Crippen LogP contribution in [0.1, 0.15) is 69.3 Å². The molecule has 0 bridgehead atoms. The summed E-state index contributed by atoms with van der Waals surface area (Å²) in [6.45, 7) is 9.47. The number of Topliss-reactive ketones (excluding diaryl/α,β-unsaturated/α-hetero) is 1. The highest BCUT2D eigenvalue weighted by Crippen LogP contribution is 2.41. The van der Waals surface area contributed by atoms with Gasteiger partial charge in [0.05, 0.1) is 11.9 Å². The van der Waals surface area contributed by atoms with E-state index in [1.165, 1.54) is 22.7 Å². The molecule has 1 heterocycles. The van der Waals surface area contributed by atoms with Gasteiger partial charge in [0.1, 0.15) is 11.8 Å². The molecule has 3 atom stereocenters. The highest BCUT2D eigenvalue weighted by atomic mass is 32.2. The molecular weight excluding hydrogens is 476 g/mol. The zero-order chi connectivity index (χ0) is 26.6. The fourth-order valence-corrected chi connectivity index (χ4v) is 5.97. The number of rotatable bonds is 9. The number of nitrogens with one attached hydrogen (secondary N) is 1. The zero-order valence-corrected chi connectivity index (χ0v) is 22.6. The standard InChI is InChI=1S/C28H38N2O5S/c1-17(2)14-23(32)25-28(4,5)36-16-30(25)27(35)24(33)21(15-19-10-7-6-8-11-19)29-26(34)20-12-9-13-22(31)18(20)3/h7,9-13,17,21,24-25,31,33H,6,8,14-16H2,1-5H3,(H,29,34)/t21?,24-,25+/m0/s1. The molecule has 36 heavy (non-hydrogen) atoms. The summed E-state index contributed by atoms with van der Waals surface area (Å²) < 4.78 is -0.479. The minimum atomic E-state index is -1.54. The second kappa shape index (κ2) is 11.6. The lowest BCUT2D eigenvalue weighted by atomic mass is 9.91. The number of aliphatic hydroxyl groups excluding tert-OH is 1. The van der Waals surface area contributed by atoms with E-state index in [9.17, 15) is 24.6 Å². The smallest absolute Gasteiger partial charge is 0.254 e. The number of phenols is 1. The predicted molar refractivity (Wildman–Crippen MR) is 143 cm³/mol. The van der Waals surface area contributed by atoms with Gasteiger partial charge in [-0.05, 0) is 58.1 Å². The van der Waals surface area contributed by atoms with Crippen LogP contribution in [0.3, 0.4) is 0 Å². The molecule has 1 aliphatic heterocycles. The van der Waals surface area contributed by atoms with Gasteiger partial charge in [-0.3, -0.25) is 14.4 Å². The van der Waals surface area contributed by atoms with E-state index in [-0.39, 0.29) is 29.4 Å². The maximum Gasteiger partial charge on any atom is 0.254 e. The van der Waals surface area contributed by atoms with Crippen molar-refractivity contribution in [3.8, 4) is 5.75 Å². The van der Waals surface area contributed by atoms with E-state index in [0.29, 0.717) is 17.9 Å². The average Bonchev–Trinajstić information content (AvgIpc) is 3.14. The lowest BCUT2D eigenvalue weighted by Crippen LogP contribution is -2.56. The van der Waals surface area contributed by atoms with Gasteiger partial charge < -0.3 is 20.4 Å². The van der Waals surface area contributed by atoms with Gasteiger partial charge in [0.2, 0.25) is 0 Å². The van der Waals surface area contributed by atoms with Crippen molar-refractivity contribution in [1.29, 1.82) is 0 Å². The molecule has 1 aromatic rings. The number of amides is 2. The molecule has 196 valence electrons. The number of allylic oxidation sites excluding steroid dienone is 3.